The van der Waals surface area contributed by atoms with E-state index in [-0.39, 0.29) is 6.10 Å². The van der Waals surface area contributed by atoms with Gasteiger partial charge in [-0.05, 0) is 5.92 Å². The van der Waals surface area contributed by atoms with Crippen LogP contribution >= 0.6 is 11.6 Å². The Kier molecular flexibility index (Phi) is 6.30. The fraction of sp³-hybridized carbons (Fsp3) is 0.875. The van der Waals surface area contributed by atoms with Gasteiger partial charge >= 0.3 is 0 Å². The Morgan fingerprint density at radius 2 is 2.18 bits per heavy atom. The maximum Gasteiger partial charge on any atom is 0.0840 e. The topological polar surface area (TPSA) is 33.0 Å². The molecule has 0 aromatic carbocycles. The van der Waals surface area contributed by atoms with E-state index < -0.39 is 0 Å². The van der Waals surface area contributed by atoms with Crippen LogP contribution in [0.4, 0.5) is 0 Å². The van der Waals surface area contributed by atoms with Crippen LogP contribution in [0.3, 0.4) is 0 Å². The molecule has 0 amide bonds. The lowest BCUT2D eigenvalue weighted by Crippen LogP contribution is -2.17. The largest absolute Gasteiger partial charge is 0.376 e. The predicted octanol–water partition coefficient (Wildman–Crippen LogP) is 2.18. The highest BCUT2D eigenvalue weighted by Gasteiger charge is 2.07. The van der Waals surface area contributed by atoms with Crippen molar-refractivity contribution in [2.45, 2.75) is 26.4 Å². The average molecular weight is 176 g/mol. The van der Waals surface area contributed by atoms with E-state index in [1.165, 1.54) is 0 Å². The van der Waals surface area contributed by atoms with E-state index in [4.69, 9.17) is 21.6 Å². The van der Waals surface area contributed by atoms with Crippen LogP contribution in [-0.4, -0.2) is 18.6 Å². The maximum absolute atomic E-state index is 8.34. The van der Waals surface area contributed by atoms with Gasteiger partial charge < -0.3 is 4.74 Å². The van der Waals surface area contributed by atoms with Gasteiger partial charge in [0.15, 0.2) is 0 Å². The molecule has 0 aromatic rings. The number of nitrogens with zero attached hydrogens (tertiary/aromatic N) is 1. The second-order valence-corrected chi connectivity index (χ2v) is 3.17. The molecular formula is C8H14ClNO. The second kappa shape index (κ2) is 6.45. The van der Waals surface area contributed by atoms with Gasteiger partial charge in [0.25, 0.3) is 0 Å². The summed E-state index contributed by atoms with van der Waals surface area (Å²) in [7, 11) is 0. The van der Waals surface area contributed by atoms with Crippen molar-refractivity contribution in [3.63, 3.8) is 0 Å². The van der Waals surface area contributed by atoms with Crippen molar-refractivity contribution in [1.29, 1.82) is 5.26 Å². The van der Waals surface area contributed by atoms with Crippen molar-refractivity contribution in [3.05, 3.63) is 0 Å². The second-order valence-electron chi connectivity index (χ2n) is 2.87. The summed E-state index contributed by atoms with van der Waals surface area (Å²) in [6.45, 7) is 4.81. The van der Waals surface area contributed by atoms with Crippen molar-refractivity contribution in [2.24, 2.45) is 5.92 Å². The van der Waals surface area contributed by atoms with Gasteiger partial charge in [-0.2, -0.15) is 5.26 Å². The molecule has 0 spiro atoms. The molecule has 3 heteroatoms. The summed E-state index contributed by atoms with van der Waals surface area (Å²) in [5.74, 6) is 0.903. The molecular weight excluding hydrogens is 162 g/mol. The Morgan fingerprint density at radius 3 is 2.55 bits per heavy atom. The highest BCUT2D eigenvalue weighted by Crippen LogP contribution is 2.03. The standard InChI is InChI=1S/C8H14ClNO/c1-7(2)6-11-8(5-9)3-4-10/h7-8H,3,5-6H2,1-2H3. The van der Waals surface area contributed by atoms with Crippen molar-refractivity contribution in [1.82, 2.24) is 0 Å². The van der Waals surface area contributed by atoms with Crippen LogP contribution in [0, 0.1) is 17.2 Å². The normalized spacial score (nSPS) is 13.0. The van der Waals surface area contributed by atoms with E-state index in [2.05, 4.69) is 13.8 Å². The summed E-state index contributed by atoms with van der Waals surface area (Å²) in [5.41, 5.74) is 0. The number of halogens is 1. The Labute approximate surface area is 73.1 Å². The molecule has 0 fully saturated rings. The van der Waals surface area contributed by atoms with Gasteiger partial charge in [-0.3, -0.25) is 0 Å². The fourth-order valence-corrected chi connectivity index (χ4v) is 0.787. The van der Waals surface area contributed by atoms with Crippen LogP contribution in [0.2, 0.25) is 0 Å². The highest BCUT2D eigenvalue weighted by molar-refractivity contribution is 6.18. The summed E-state index contributed by atoms with van der Waals surface area (Å²) in [6.07, 6.45) is 0.292. The molecule has 0 saturated heterocycles. The highest BCUT2D eigenvalue weighted by atomic mass is 35.5. The molecule has 0 aromatic heterocycles. The van der Waals surface area contributed by atoms with Gasteiger partial charge in [0, 0.05) is 12.5 Å². The number of hydrogen-bond acceptors (Lipinski definition) is 2. The molecule has 0 heterocycles. The summed E-state index contributed by atoms with van der Waals surface area (Å²) in [6, 6.07) is 2.03. The van der Waals surface area contributed by atoms with Gasteiger partial charge in [0.1, 0.15) is 0 Å². The number of alkyl halides is 1. The van der Waals surface area contributed by atoms with E-state index in [9.17, 15) is 0 Å². The predicted molar refractivity (Wildman–Crippen MR) is 45.5 cm³/mol. The minimum absolute atomic E-state index is 0.0935. The molecule has 0 aliphatic carbocycles. The molecule has 1 unspecified atom stereocenters. The summed E-state index contributed by atoms with van der Waals surface area (Å²) in [4.78, 5) is 0. The molecule has 0 aliphatic heterocycles. The Morgan fingerprint density at radius 1 is 1.55 bits per heavy atom. The molecule has 0 saturated carbocycles. The first-order chi connectivity index (χ1) is 5.20. The van der Waals surface area contributed by atoms with Crippen molar-refractivity contribution >= 4 is 11.6 Å². The third-order valence-corrected chi connectivity index (χ3v) is 1.50. The zero-order valence-corrected chi connectivity index (χ0v) is 7.77. The third kappa shape index (κ3) is 6.15. The van der Waals surface area contributed by atoms with Gasteiger partial charge in [-0.15, -0.1) is 11.6 Å². The first-order valence-electron chi connectivity index (χ1n) is 3.75. The van der Waals surface area contributed by atoms with Gasteiger partial charge in [0.2, 0.25) is 0 Å². The molecule has 2 nitrogen and oxygen atoms in total. The molecule has 0 rings (SSSR count). The SMILES string of the molecule is CC(C)COC(CCl)CC#N. The smallest absolute Gasteiger partial charge is 0.0840 e. The van der Waals surface area contributed by atoms with E-state index in [0.717, 1.165) is 0 Å². The minimum Gasteiger partial charge on any atom is -0.376 e. The lowest BCUT2D eigenvalue weighted by Gasteiger charge is -2.13. The fourth-order valence-electron chi connectivity index (χ4n) is 0.588. The molecule has 1 atom stereocenters. The zero-order valence-electron chi connectivity index (χ0n) is 7.01. The third-order valence-electron chi connectivity index (χ3n) is 1.16. The van der Waals surface area contributed by atoms with Crippen LogP contribution in [0.15, 0.2) is 0 Å². The number of rotatable bonds is 5. The lowest BCUT2D eigenvalue weighted by molar-refractivity contribution is 0.0527. The van der Waals surface area contributed by atoms with Crippen molar-refractivity contribution < 1.29 is 4.74 Å². The quantitative estimate of drug-likeness (QED) is 0.600. The van der Waals surface area contributed by atoms with Crippen molar-refractivity contribution in [3.8, 4) is 6.07 Å². The van der Waals surface area contributed by atoms with Gasteiger partial charge in [-0.1, -0.05) is 13.8 Å². The first-order valence-corrected chi connectivity index (χ1v) is 4.28. The summed E-state index contributed by atoms with van der Waals surface area (Å²) in [5, 5.41) is 8.34. The molecule has 11 heavy (non-hydrogen) atoms. The summed E-state index contributed by atoms with van der Waals surface area (Å²) < 4.78 is 5.34. The van der Waals surface area contributed by atoms with Gasteiger partial charge in [0.05, 0.1) is 18.6 Å². The van der Waals surface area contributed by atoms with E-state index in [1.807, 2.05) is 6.07 Å². The van der Waals surface area contributed by atoms with Crippen LogP contribution in [-0.2, 0) is 4.74 Å². The number of hydrogen-bond donors (Lipinski definition) is 0. The van der Waals surface area contributed by atoms with E-state index in [0.29, 0.717) is 24.8 Å². The molecule has 0 bridgehead atoms. The van der Waals surface area contributed by atoms with E-state index in [1.54, 1.807) is 0 Å². The Bertz CT molecular complexity index is 131. The number of nitriles is 1. The molecule has 0 N–H and O–H groups in total. The molecule has 64 valence electrons. The Balaban J connectivity index is 3.45. The van der Waals surface area contributed by atoms with Crippen LogP contribution < -0.4 is 0 Å². The maximum atomic E-state index is 8.34. The minimum atomic E-state index is -0.0935. The van der Waals surface area contributed by atoms with Crippen LogP contribution in [0.5, 0.6) is 0 Å². The van der Waals surface area contributed by atoms with Crippen LogP contribution in [0.1, 0.15) is 20.3 Å². The van der Waals surface area contributed by atoms with Crippen LogP contribution in [0.25, 0.3) is 0 Å². The first kappa shape index (κ1) is 10.7. The summed E-state index contributed by atoms with van der Waals surface area (Å²) >= 11 is 5.55. The lowest BCUT2D eigenvalue weighted by atomic mass is 10.2. The molecule has 0 aliphatic rings. The van der Waals surface area contributed by atoms with E-state index >= 15 is 0 Å². The zero-order chi connectivity index (χ0) is 8.69. The Hall–Kier alpha value is -0.260. The average Bonchev–Trinajstić information content (AvgIpc) is 1.97. The monoisotopic (exact) mass is 175 g/mol. The van der Waals surface area contributed by atoms with Crippen molar-refractivity contribution in [2.75, 3.05) is 12.5 Å². The molecule has 0 radical (unpaired) electrons. The number of ether oxygens (including phenoxy) is 1. The van der Waals surface area contributed by atoms with Gasteiger partial charge in [-0.25, -0.2) is 0 Å².